The average molecular weight is 395 g/mol. The molecule has 24 heavy (non-hydrogen) atoms. The van der Waals surface area contributed by atoms with Crippen LogP contribution in [0, 0.1) is 16.0 Å². The standard InChI is InChI=1S/C16H19BrN4O3/c17-15-3-1-2-13(10-15)4-6-19-7-8-20(16(19)18-21(22)23)11-14-5-9-24-12-14/h1-4,6,10,14H,5,7-9,11-12H2. The molecule has 8 heteroatoms. The van der Waals surface area contributed by atoms with E-state index in [2.05, 4.69) is 21.0 Å². The molecule has 2 heterocycles. The number of benzene rings is 1. The summed E-state index contributed by atoms with van der Waals surface area (Å²) in [5, 5.41) is 13.9. The Kier molecular flexibility index (Phi) is 5.47. The summed E-state index contributed by atoms with van der Waals surface area (Å²) in [4.78, 5) is 14.7. The average Bonchev–Trinajstić information content (AvgIpc) is 3.17. The van der Waals surface area contributed by atoms with Gasteiger partial charge in [-0.05, 0) is 30.2 Å². The SMILES string of the molecule is O=[N+]([O-])N=C1N(C=Cc2cccc(Br)c2)CCN1CC1CCOC1. The highest BCUT2D eigenvalue weighted by Gasteiger charge is 2.31. The van der Waals surface area contributed by atoms with Gasteiger partial charge in [0.2, 0.25) is 0 Å². The van der Waals surface area contributed by atoms with Gasteiger partial charge in [0.15, 0.2) is 5.03 Å². The lowest BCUT2D eigenvalue weighted by atomic mass is 10.1. The molecule has 2 aliphatic rings. The van der Waals surface area contributed by atoms with Crippen LogP contribution in [0.4, 0.5) is 0 Å². The molecule has 128 valence electrons. The smallest absolute Gasteiger partial charge is 0.278 e. The molecular weight excluding hydrogens is 376 g/mol. The molecule has 0 amide bonds. The molecule has 1 unspecified atom stereocenters. The van der Waals surface area contributed by atoms with E-state index in [0.29, 0.717) is 18.4 Å². The van der Waals surface area contributed by atoms with Gasteiger partial charge in [0.05, 0.1) is 6.61 Å². The van der Waals surface area contributed by atoms with Gasteiger partial charge < -0.3 is 14.5 Å². The first-order valence-corrected chi connectivity index (χ1v) is 8.67. The minimum atomic E-state index is -0.626. The number of nitrogens with zero attached hydrogens (tertiary/aromatic N) is 4. The van der Waals surface area contributed by atoms with Gasteiger partial charge in [-0.15, -0.1) is 0 Å². The van der Waals surface area contributed by atoms with Crippen molar-refractivity contribution in [3.8, 4) is 0 Å². The van der Waals surface area contributed by atoms with Crippen LogP contribution in [0.25, 0.3) is 6.08 Å². The fourth-order valence-corrected chi connectivity index (χ4v) is 3.36. The van der Waals surface area contributed by atoms with Crippen LogP contribution in [0.3, 0.4) is 0 Å². The summed E-state index contributed by atoms with van der Waals surface area (Å²) >= 11 is 3.44. The summed E-state index contributed by atoms with van der Waals surface area (Å²) in [6, 6.07) is 7.88. The highest BCUT2D eigenvalue weighted by Crippen LogP contribution is 2.19. The van der Waals surface area contributed by atoms with E-state index in [4.69, 9.17) is 4.74 Å². The van der Waals surface area contributed by atoms with Gasteiger partial charge in [-0.2, -0.15) is 0 Å². The van der Waals surface area contributed by atoms with E-state index in [9.17, 15) is 10.1 Å². The van der Waals surface area contributed by atoms with Crippen molar-refractivity contribution < 1.29 is 9.77 Å². The molecule has 0 aromatic heterocycles. The first-order valence-electron chi connectivity index (χ1n) is 7.88. The van der Waals surface area contributed by atoms with E-state index in [1.54, 1.807) is 0 Å². The summed E-state index contributed by atoms with van der Waals surface area (Å²) < 4.78 is 6.39. The maximum Gasteiger partial charge on any atom is 0.278 e. The minimum Gasteiger partial charge on any atom is -0.381 e. The van der Waals surface area contributed by atoms with Gasteiger partial charge in [0.1, 0.15) is 5.10 Å². The topological polar surface area (TPSA) is 71.2 Å². The van der Waals surface area contributed by atoms with E-state index in [1.807, 2.05) is 46.3 Å². The van der Waals surface area contributed by atoms with Crippen LogP contribution >= 0.6 is 15.9 Å². The zero-order valence-corrected chi connectivity index (χ0v) is 14.8. The highest BCUT2D eigenvalue weighted by atomic mass is 79.9. The Balaban J connectivity index is 1.73. The van der Waals surface area contributed by atoms with Crippen LogP contribution in [-0.2, 0) is 4.74 Å². The van der Waals surface area contributed by atoms with Crippen molar-refractivity contribution >= 4 is 28.0 Å². The molecule has 7 nitrogen and oxygen atoms in total. The van der Waals surface area contributed by atoms with E-state index < -0.39 is 5.03 Å². The van der Waals surface area contributed by atoms with Crippen molar-refractivity contribution in [2.45, 2.75) is 6.42 Å². The number of guanidine groups is 1. The van der Waals surface area contributed by atoms with Gasteiger partial charge in [-0.3, -0.25) is 0 Å². The summed E-state index contributed by atoms with van der Waals surface area (Å²) in [7, 11) is 0. The van der Waals surface area contributed by atoms with Crippen molar-refractivity contribution in [1.29, 1.82) is 0 Å². The van der Waals surface area contributed by atoms with Crippen molar-refractivity contribution in [1.82, 2.24) is 9.80 Å². The second kappa shape index (κ2) is 7.76. The van der Waals surface area contributed by atoms with E-state index in [-0.39, 0.29) is 0 Å². The predicted octanol–water partition coefficient (Wildman–Crippen LogP) is 2.62. The van der Waals surface area contributed by atoms with Crippen LogP contribution in [0.15, 0.2) is 40.0 Å². The molecule has 0 aliphatic carbocycles. The second-order valence-corrected chi connectivity index (χ2v) is 6.79. The van der Waals surface area contributed by atoms with Crippen LogP contribution in [0.2, 0.25) is 0 Å². The minimum absolute atomic E-state index is 0.401. The van der Waals surface area contributed by atoms with Gasteiger partial charge in [-0.1, -0.05) is 28.1 Å². The Morgan fingerprint density at radius 1 is 1.46 bits per heavy atom. The highest BCUT2D eigenvalue weighted by molar-refractivity contribution is 9.10. The second-order valence-electron chi connectivity index (χ2n) is 5.88. The van der Waals surface area contributed by atoms with Gasteiger partial charge in [0, 0.05) is 42.8 Å². The van der Waals surface area contributed by atoms with Gasteiger partial charge >= 0.3 is 0 Å². The number of nitro groups is 1. The van der Waals surface area contributed by atoms with Crippen molar-refractivity contribution in [3.05, 3.63) is 50.6 Å². The summed E-state index contributed by atoms with van der Waals surface area (Å²) in [6.07, 6.45) is 4.79. The lowest BCUT2D eigenvalue weighted by molar-refractivity contribution is -0.486. The third kappa shape index (κ3) is 4.33. The van der Waals surface area contributed by atoms with E-state index in [1.165, 1.54) is 0 Å². The number of ether oxygens (including phenoxy) is 1. The van der Waals surface area contributed by atoms with E-state index >= 15 is 0 Å². The van der Waals surface area contributed by atoms with Crippen LogP contribution in [-0.4, -0.2) is 53.6 Å². The normalized spacial score (nSPS) is 22.9. The maximum absolute atomic E-state index is 10.9. The largest absolute Gasteiger partial charge is 0.381 e. The molecule has 0 bridgehead atoms. The summed E-state index contributed by atoms with van der Waals surface area (Å²) in [5.74, 6) is 0.814. The quantitative estimate of drug-likeness (QED) is 0.566. The lowest BCUT2D eigenvalue weighted by Gasteiger charge is -2.21. The molecule has 0 spiro atoms. The maximum atomic E-state index is 10.9. The Labute approximate surface area is 148 Å². The molecule has 1 atom stereocenters. The van der Waals surface area contributed by atoms with Gasteiger partial charge in [-0.25, -0.2) is 10.1 Å². The summed E-state index contributed by atoms with van der Waals surface area (Å²) in [5.41, 5.74) is 1.02. The Bertz CT molecular complexity index is 658. The van der Waals surface area contributed by atoms with Gasteiger partial charge in [0.25, 0.3) is 5.96 Å². The molecule has 1 aromatic rings. The third-order valence-corrected chi connectivity index (χ3v) is 4.61. The van der Waals surface area contributed by atoms with Crippen molar-refractivity contribution in [3.63, 3.8) is 0 Å². The van der Waals surface area contributed by atoms with E-state index in [0.717, 1.165) is 42.8 Å². The molecule has 0 saturated carbocycles. The van der Waals surface area contributed by atoms with Crippen LogP contribution in [0.5, 0.6) is 0 Å². The number of hydrogen-bond donors (Lipinski definition) is 0. The van der Waals surface area contributed by atoms with Crippen molar-refractivity contribution in [2.75, 3.05) is 32.8 Å². The molecule has 2 saturated heterocycles. The fraction of sp³-hybridized carbons (Fsp3) is 0.438. The number of hydrazone groups is 1. The van der Waals surface area contributed by atoms with Crippen molar-refractivity contribution in [2.24, 2.45) is 11.0 Å². The molecular formula is C16H19BrN4O3. The third-order valence-electron chi connectivity index (χ3n) is 4.12. The number of hydrogen-bond acceptors (Lipinski definition) is 3. The Morgan fingerprint density at radius 2 is 2.33 bits per heavy atom. The Morgan fingerprint density at radius 3 is 3.04 bits per heavy atom. The summed E-state index contributed by atoms with van der Waals surface area (Å²) in [6.45, 7) is 3.65. The molecule has 2 aliphatic heterocycles. The lowest BCUT2D eigenvalue weighted by Crippen LogP contribution is -2.35. The number of halogens is 1. The zero-order valence-electron chi connectivity index (χ0n) is 13.2. The Hall–Kier alpha value is -1.93. The zero-order chi connectivity index (χ0) is 16.9. The molecule has 2 fully saturated rings. The first kappa shape index (κ1) is 16.9. The van der Waals surface area contributed by atoms with Crippen LogP contribution < -0.4 is 0 Å². The molecule has 0 radical (unpaired) electrons. The first-order chi connectivity index (χ1) is 11.6. The van der Waals surface area contributed by atoms with Crippen LogP contribution in [0.1, 0.15) is 12.0 Å². The molecule has 1 aromatic carbocycles. The molecule has 3 rings (SSSR count). The fourth-order valence-electron chi connectivity index (χ4n) is 2.94. The molecule has 0 N–H and O–H groups in total. The predicted molar refractivity (Wildman–Crippen MR) is 94.8 cm³/mol. The monoisotopic (exact) mass is 394 g/mol. The number of rotatable bonds is 5.